The molecule has 92 valence electrons. The molecule has 1 aromatic rings. The second-order valence-corrected chi connectivity index (χ2v) is 5.54. The number of benzene rings is 1. The van der Waals surface area contributed by atoms with Crippen LogP contribution in [0, 0.1) is 0 Å². The van der Waals surface area contributed by atoms with Gasteiger partial charge >= 0.3 is 0 Å². The highest BCUT2D eigenvalue weighted by atomic mass is 14.6. The zero-order valence-corrected chi connectivity index (χ0v) is 11.1. The molecule has 0 aromatic heterocycles. The van der Waals surface area contributed by atoms with Crippen LogP contribution in [0.4, 0.5) is 5.69 Å². The number of anilines is 1. The van der Waals surface area contributed by atoms with Crippen LogP contribution in [0.25, 0.3) is 12.2 Å². The van der Waals surface area contributed by atoms with E-state index in [4.69, 9.17) is 5.73 Å². The average molecular weight is 237 g/mol. The number of hydrogen-bond acceptors (Lipinski definition) is 1. The van der Waals surface area contributed by atoms with Gasteiger partial charge in [0.15, 0.2) is 0 Å². The summed E-state index contributed by atoms with van der Waals surface area (Å²) < 4.78 is 0. The van der Waals surface area contributed by atoms with Crippen LogP contribution in [-0.2, 0) is 12.8 Å². The molecule has 0 saturated carbocycles. The zero-order valence-electron chi connectivity index (χ0n) is 11.1. The van der Waals surface area contributed by atoms with Gasteiger partial charge in [0.25, 0.3) is 0 Å². The van der Waals surface area contributed by atoms with E-state index in [1.165, 1.54) is 33.4 Å². The lowest BCUT2D eigenvalue weighted by Crippen LogP contribution is -2.11. The summed E-state index contributed by atoms with van der Waals surface area (Å²) in [5.74, 6) is 0.535. The lowest BCUT2D eigenvalue weighted by molar-refractivity contribution is 0.832. The molecule has 2 N–H and O–H groups in total. The molecule has 3 rings (SSSR count). The first-order valence-electron chi connectivity index (χ1n) is 6.59. The van der Waals surface area contributed by atoms with Gasteiger partial charge in [-0.1, -0.05) is 50.3 Å². The lowest BCUT2D eigenvalue weighted by Gasteiger charge is -2.25. The molecule has 0 heterocycles. The number of nitrogens with two attached hydrogens (primary N) is 1. The molecule has 0 amide bonds. The maximum Gasteiger partial charge on any atom is 0.0467 e. The van der Waals surface area contributed by atoms with Crippen molar-refractivity contribution < 1.29 is 0 Å². The maximum absolute atomic E-state index is 6.34. The van der Waals surface area contributed by atoms with Crippen molar-refractivity contribution in [3.8, 4) is 0 Å². The minimum Gasteiger partial charge on any atom is -0.398 e. The number of nitrogen functional groups attached to an aromatic ring is 1. The Morgan fingerprint density at radius 1 is 1.11 bits per heavy atom. The highest BCUT2D eigenvalue weighted by Gasteiger charge is 2.24. The Morgan fingerprint density at radius 2 is 1.83 bits per heavy atom. The Bertz CT molecular complexity index is 601. The molecule has 0 saturated heterocycles. The fourth-order valence-electron chi connectivity index (χ4n) is 3.21. The van der Waals surface area contributed by atoms with Gasteiger partial charge in [0.1, 0.15) is 0 Å². The van der Waals surface area contributed by atoms with Crippen molar-refractivity contribution in [1.82, 2.24) is 0 Å². The minimum atomic E-state index is 0.535. The van der Waals surface area contributed by atoms with Crippen molar-refractivity contribution in [3.63, 3.8) is 0 Å². The molecule has 1 heteroatoms. The van der Waals surface area contributed by atoms with Crippen molar-refractivity contribution >= 4 is 17.8 Å². The second-order valence-electron chi connectivity index (χ2n) is 5.54. The maximum atomic E-state index is 6.34. The predicted octanol–water partition coefficient (Wildman–Crippen LogP) is 4.09. The Balaban J connectivity index is 2.36. The van der Waals surface area contributed by atoms with Crippen LogP contribution >= 0.6 is 0 Å². The molecule has 1 aromatic carbocycles. The molecule has 0 bridgehead atoms. The van der Waals surface area contributed by atoms with Crippen LogP contribution in [0.1, 0.15) is 47.6 Å². The van der Waals surface area contributed by atoms with Gasteiger partial charge in [-0.15, -0.1) is 0 Å². The Kier molecular flexibility index (Phi) is 2.44. The summed E-state index contributed by atoms with van der Waals surface area (Å²) in [6.45, 7) is 8.63. The van der Waals surface area contributed by atoms with E-state index in [2.05, 4.69) is 44.7 Å². The summed E-state index contributed by atoms with van der Waals surface area (Å²) in [5, 5.41) is 0. The smallest absolute Gasteiger partial charge is 0.0467 e. The monoisotopic (exact) mass is 237 g/mol. The summed E-state index contributed by atoms with van der Waals surface area (Å²) in [6, 6.07) is 0. The van der Waals surface area contributed by atoms with Gasteiger partial charge in [0.05, 0.1) is 0 Å². The van der Waals surface area contributed by atoms with E-state index in [9.17, 15) is 0 Å². The van der Waals surface area contributed by atoms with Crippen molar-refractivity contribution in [2.75, 3.05) is 5.73 Å². The van der Waals surface area contributed by atoms with Gasteiger partial charge in [-0.3, -0.25) is 0 Å². The Hall–Kier alpha value is -1.76. The average Bonchev–Trinajstić information content (AvgIpc) is 2.77. The van der Waals surface area contributed by atoms with E-state index in [1.807, 2.05) is 0 Å². The third-order valence-corrected chi connectivity index (χ3v) is 3.95. The lowest BCUT2D eigenvalue weighted by atomic mass is 9.80. The number of rotatable bonds is 1. The van der Waals surface area contributed by atoms with Crippen LogP contribution in [0.2, 0.25) is 0 Å². The summed E-state index contributed by atoms with van der Waals surface area (Å²) in [7, 11) is 0. The topological polar surface area (TPSA) is 26.0 Å². The molecule has 2 aliphatic carbocycles. The molecule has 0 atom stereocenters. The van der Waals surface area contributed by atoms with E-state index < -0.39 is 0 Å². The fraction of sp³-hybridized carbons (Fsp3) is 0.294. The van der Waals surface area contributed by atoms with Crippen molar-refractivity contribution in [3.05, 3.63) is 52.1 Å². The Labute approximate surface area is 109 Å². The first-order valence-corrected chi connectivity index (χ1v) is 6.59. The minimum absolute atomic E-state index is 0.535. The normalized spacial score (nSPS) is 16.3. The first kappa shape index (κ1) is 11.3. The summed E-state index contributed by atoms with van der Waals surface area (Å²) in [4.78, 5) is 0. The van der Waals surface area contributed by atoms with E-state index in [0.29, 0.717) is 5.92 Å². The van der Waals surface area contributed by atoms with Crippen molar-refractivity contribution in [2.24, 2.45) is 0 Å². The van der Waals surface area contributed by atoms with Gasteiger partial charge in [0, 0.05) is 16.8 Å². The van der Waals surface area contributed by atoms with E-state index in [0.717, 1.165) is 18.5 Å². The highest BCUT2D eigenvalue weighted by molar-refractivity contribution is 5.85. The molecule has 18 heavy (non-hydrogen) atoms. The molecule has 0 unspecified atom stereocenters. The van der Waals surface area contributed by atoms with Crippen LogP contribution in [0.15, 0.2) is 24.3 Å². The van der Waals surface area contributed by atoms with Gasteiger partial charge < -0.3 is 5.73 Å². The summed E-state index contributed by atoms with van der Waals surface area (Å²) >= 11 is 0. The van der Waals surface area contributed by atoms with Gasteiger partial charge in [-0.05, 0) is 35.4 Å². The standard InChI is InChI=1S/C17H19N/c1-10(2)16-12-5-4-6-13(12)17(18)14-8-7-11(3)9-15(14)16/h4,6-8,10H,3,5,9,18H2,1-2H3. The van der Waals surface area contributed by atoms with E-state index in [-0.39, 0.29) is 0 Å². The van der Waals surface area contributed by atoms with E-state index in [1.54, 1.807) is 0 Å². The fourth-order valence-corrected chi connectivity index (χ4v) is 3.21. The zero-order chi connectivity index (χ0) is 12.9. The van der Waals surface area contributed by atoms with Gasteiger partial charge in [-0.2, -0.15) is 0 Å². The summed E-state index contributed by atoms with van der Waals surface area (Å²) in [5.41, 5.74) is 15.2. The molecule has 1 nitrogen and oxygen atoms in total. The third kappa shape index (κ3) is 1.47. The largest absolute Gasteiger partial charge is 0.398 e. The second kappa shape index (κ2) is 3.88. The molecule has 0 spiro atoms. The van der Waals surface area contributed by atoms with Gasteiger partial charge in [0.2, 0.25) is 0 Å². The molecular formula is C17H19N. The molecule has 2 aliphatic rings. The Morgan fingerprint density at radius 3 is 2.56 bits per heavy atom. The van der Waals surface area contributed by atoms with E-state index >= 15 is 0 Å². The van der Waals surface area contributed by atoms with Crippen LogP contribution in [-0.4, -0.2) is 0 Å². The SMILES string of the molecule is C=C1C=Cc2c(N)c3c(c(C(C)C)c2C1)CC=C3. The van der Waals surface area contributed by atoms with Crippen LogP contribution in [0.3, 0.4) is 0 Å². The number of fused-ring (bicyclic) bond motifs is 2. The quantitative estimate of drug-likeness (QED) is 0.731. The molecule has 0 fully saturated rings. The molecule has 0 aliphatic heterocycles. The third-order valence-electron chi connectivity index (χ3n) is 3.95. The number of hydrogen-bond donors (Lipinski definition) is 1. The molecular weight excluding hydrogens is 218 g/mol. The van der Waals surface area contributed by atoms with Crippen molar-refractivity contribution in [2.45, 2.75) is 32.6 Å². The van der Waals surface area contributed by atoms with Crippen LogP contribution in [0.5, 0.6) is 0 Å². The predicted molar refractivity (Wildman–Crippen MR) is 79.6 cm³/mol. The summed E-state index contributed by atoms with van der Waals surface area (Å²) in [6.07, 6.45) is 10.6. The van der Waals surface area contributed by atoms with Crippen LogP contribution < -0.4 is 5.73 Å². The first-order chi connectivity index (χ1) is 8.59. The highest BCUT2D eigenvalue weighted by Crippen LogP contribution is 2.41. The number of allylic oxidation sites excluding steroid dienone is 3. The molecule has 0 radical (unpaired) electrons. The van der Waals surface area contributed by atoms with Crippen molar-refractivity contribution in [1.29, 1.82) is 0 Å². The van der Waals surface area contributed by atoms with Gasteiger partial charge in [-0.25, -0.2) is 0 Å².